The lowest BCUT2D eigenvalue weighted by molar-refractivity contribution is -0.115. The molecule has 9 heteroatoms. The first kappa shape index (κ1) is 22.2. The molecule has 0 saturated carbocycles. The fourth-order valence-electron chi connectivity index (χ4n) is 3.43. The van der Waals surface area contributed by atoms with Gasteiger partial charge in [-0.1, -0.05) is 42.4 Å². The Morgan fingerprint density at radius 3 is 2.47 bits per heavy atom. The van der Waals surface area contributed by atoms with Gasteiger partial charge in [-0.05, 0) is 29.8 Å². The molecule has 0 fully saturated rings. The van der Waals surface area contributed by atoms with Crippen molar-refractivity contribution in [3.05, 3.63) is 77.5 Å². The van der Waals surface area contributed by atoms with Gasteiger partial charge in [-0.3, -0.25) is 9.59 Å². The molecule has 1 aromatic heterocycles. The van der Waals surface area contributed by atoms with Gasteiger partial charge in [0, 0.05) is 18.1 Å². The fourth-order valence-corrected chi connectivity index (χ4v) is 3.43. The number of aromatic nitrogens is 1. The molecule has 9 nitrogen and oxygen atoms in total. The number of carboxylic acid groups (broad SMARTS) is 1. The fraction of sp³-hybridized carbons (Fsp3) is 0.0800. The summed E-state index contributed by atoms with van der Waals surface area (Å²) in [6.45, 7) is 1.74. The lowest BCUT2D eigenvalue weighted by Gasteiger charge is -2.11. The molecule has 34 heavy (non-hydrogen) atoms. The van der Waals surface area contributed by atoms with Crippen molar-refractivity contribution in [3.8, 4) is 17.2 Å². The van der Waals surface area contributed by atoms with Crippen molar-refractivity contribution in [2.45, 2.75) is 13.3 Å². The molecule has 0 aliphatic rings. The number of nitriles is 1. The number of carbonyl (C=O) groups excluding carboxylic acids is 2. The molecule has 3 aromatic carbocycles. The van der Waals surface area contributed by atoms with E-state index in [4.69, 9.17) is 9.78 Å². The molecule has 0 spiro atoms. The van der Waals surface area contributed by atoms with Crippen LogP contribution in [-0.4, -0.2) is 28.0 Å². The molecule has 0 radical (unpaired) electrons. The largest absolute Gasteiger partial charge is 0.478 e. The van der Waals surface area contributed by atoms with E-state index in [1.165, 1.54) is 18.2 Å². The van der Waals surface area contributed by atoms with Crippen LogP contribution in [0.1, 0.15) is 39.8 Å². The number of hydrogen-bond acceptors (Lipinski definition) is 6. The Hall–Kier alpha value is -4.97. The number of carbonyl (C=O) groups is 3. The number of anilines is 2. The number of fused-ring (bicyclic) bond motifs is 1. The monoisotopic (exact) mass is 454 g/mol. The summed E-state index contributed by atoms with van der Waals surface area (Å²) in [5.74, 6) is -2.16. The van der Waals surface area contributed by atoms with Gasteiger partial charge in [-0.25, -0.2) is 4.79 Å². The van der Waals surface area contributed by atoms with Crippen LogP contribution in [0.25, 0.3) is 22.1 Å². The van der Waals surface area contributed by atoms with E-state index < -0.39 is 11.9 Å². The van der Waals surface area contributed by atoms with Crippen molar-refractivity contribution >= 4 is 40.1 Å². The van der Waals surface area contributed by atoms with E-state index in [0.29, 0.717) is 16.6 Å². The maximum atomic E-state index is 13.0. The Balaban J connectivity index is 1.77. The first-order valence-corrected chi connectivity index (χ1v) is 10.3. The summed E-state index contributed by atoms with van der Waals surface area (Å²) in [4.78, 5) is 36.7. The first-order chi connectivity index (χ1) is 16.4. The number of nitrogens with one attached hydrogen (secondary N) is 2. The van der Waals surface area contributed by atoms with E-state index in [1.54, 1.807) is 19.1 Å². The molecular weight excluding hydrogens is 436 g/mol. The Labute approximate surface area is 193 Å². The summed E-state index contributed by atoms with van der Waals surface area (Å²) < 4.78 is 5.35. The van der Waals surface area contributed by atoms with E-state index in [9.17, 15) is 19.5 Å². The van der Waals surface area contributed by atoms with Crippen LogP contribution in [0.3, 0.4) is 0 Å². The molecule has 0 aliphatic carbocycles. The molecule has 0 aliphatic heterocycles. The third-order valence-corrected chi connectivity index (χ3v) is 5.13. The van der Waals surface area contributed by atoms with Crippen LogP contribution >= 0.6 is 0 Å². The molecule has 4 aromatic rings. The maximum absolute atomic E-state index is 13.0. The number of carboxylic acids is 1. The van der Waals surface area contributed by atoms with Gasteiger partial charge >= 0.3 is 5.97 Å². The Kier molecular flexibility index (Phi) is 6.05. The smallest absolute Gasteiger partial charge is 0.337 e. The molecule has 0 unspecified atom stereocenters. The highest BCUT2D eigenvalue weighted by Crippen LogP contribution is 2.34. The number of benzene rings is 3. The summed E-state index contributed by atoms with van der Waals surface area (Å²) in [7, 11) is 0. The van der Waals surface area contributed by atoms with Crippen molar-refractivity contribution in [2.75, 3.05) is 10.6 Å². The number of rotatable bonds is 6. The van der Waals surface area contributed by atoms with Crippen molar-refractivity contribution in [1.82, 2.24) is 5.16 Å². The maximum Gasteiger partial charge on any atom is 0.337 e. The van der Waals surface area contributed by atoms with Gasteiger partial charge < -0.3 is 20.3 Å². The lowest BCUT2D eigenvalue weighted by atomic mass is 10.0. The van der Waals surface area contributed by atoms with Crippen LogP contribution in [0.5, 0.6) is 0 Å². The number of amides is 2. The van der Waals surface area contributed by atoms with Gasteiger partial charge in [0.1, 0.15) is 0 Å². The third kappa shape index (κ3) is 4.33. The van der Waals surface area contributed by atoms with Crippen LogP contribution in [0, 0.1) is 11.3 Å². The molecule has 2 amide bonds. The van der Waals surface area contributed by atoms with Gasteiger partial charge in [0.05, 0.1) is 34.0 Å². The van der Waals surface area contributed by atoms with Gasteiger partial charge in [-0.15, -0.1) is 0 Å². The molecule has 0 bridgehead atoms. The lowest BCUT2D eigenvalue weighted by Crippen LogP contribution is -2.15. The Morgan fingerprint density at radius 1 is 1.03 bits per heavy atom. The minimum Gasteiger partial charge on any atom is -0.478 e. The third-order valence-electron chi connectivity index (χ3n) is 5.13. The highest BCUT2D eigenvalue weighted by atomic mass is 16.5. The standard InChI is InChI=1S/C25H18N4O5/c1-2-22(30)27-20-12-21-18(11-16(20)15-6-4-3-5-7-15)23(29-34-21)24(31)28-19-9-8-14(13-26)10-17(19)25(32)33/h3-12H,2H2,1H3,(H,27,30)(H,28,31)(H,32,33). The minimum absolute atomic E-state index is 0.0164. The zero-order valence-corrected chi connectivity index (χ0v) is 18.0. The van der Waals surface area contributed by atoms with Crippen molar-refractivity contribution < 1.29 is 24.0 Å². The Morgan fingerprint density at radius 2 is 1.79 bits per heavy atom. The van der Waals surface area contributed by atoms with Crippen molar-refractivity contribution in [2.24, 2.45) is 0 Å². The first-order valence-electron chi connectivity index (χ1n) is 10.3. The molecule has 0 atom stereocenters. The summed E-state index contributed by atoms with van der Waals surface area (Å²) in [5.41, 5.74) is 2.14. The van der Waals surface area contributed by atoms with Gasteiger partial charge in [0.2, 0.25) is 5.91 Å². The summed E-state index contributed by atoms with van der Waals surface area (Å²) in [6.07, 6.45) is 0.285. The molecular formula is C25H18N4O5. The van der Waals surface area contributed by atoms with Crippen molar-refractivity contribution in [3.63, 3.8) is 0 Å². The Bertz CT molecular complexity index is 1470. The minimum atomic E-state index is -1.29. The van der Waals surface area contributed by atoms with Crippen LogP contribution in [-0.2, 0) is 4.79 Å². The highest BCUT2D eigenvalue weighted by Gasteiger charge is 2.22. The van der Waals surface area contributed by atoms with Gasteiger partial charge in [0.25, 0.3) is 5.91 Å². The molecule has 1 heterocycles. The zero-order valence-electron chi connectivity index (χ0n) is 18.0. The van der Waals surface area contributed by atoms with Crippen LogP contribution in [0.15, 0.2) is 65.2 Å². The molecule has 168 valence electrons. The predicted molar refractivity (Wildman–Crippen MR) is 124 cm³/mol. The topological polar surface area (TPSA) is 145 Å². The van der Waals surface area contributed by atoms with Crippen LogP contribution in [0.4, 0.5) is 11.4 Å². The van der Waals surface area contributed by atoms with E-state index in [-0.39, 0.29) is 40.4 Å². The second-order valence-corrected chi connectivity index (χ2v) is 7.32. The molecule has 3 N–H and O–H groups in total. The summed E-state index contributed by atoms with van der Waals surface area (Å²) in [6, 6.07) is 18.4. The van der Waals surface area contributed by atoms with Gasteiger partial charge in [0.15, 0.2) is 11.3 Å². The SMILES string of the molecule is CCC(=O)Nc1cc2onc(C(=O)Nc3ccc(C#N)cc3C(=O)O)c2cc1-c1ccccc1. The average Bonchev–Trinajstić information content (AvgIpc) is 3.27. The average molecular weight is 454 g/mol. The van der Waals surface area contributed by atoms with Gasteiger partial charge in [-0.2, -0.15) is 5.26 Å². The second-order valence-electron chi connectivity index (χ2n) is 7.32. The molecule has 0 saturated heterocycles. The highest BCUT2D eigenvalue weighted by molar-refractivity contribution is 6.14. The molecule has 4 rings (SSSR count). The van der Waals surface area contributed by atoms with E-state index in [0.717, 1.165) is 5.56 Å². The normalized spacial score (nSPS) is 10.5. The second kappa shape index (κ2) is 9.26. The van der Waals surface area contributed by atoms with E-state index >= 15 is 0 Å². The summed E-state index contributed by atoms with van der Waals surface area (Å²) >= 11 is 0. The quantitative estimate of drug-likeness (QED) is 0.384. The zero-order chi connectivity index (χ0) is 24.2. The van der Waals surface area contributed by atoms with Crippen molar-refractivity contribution in [1.29, 1.82) is 5.26 Å². The number of nitrogens with zero attached hydrogens (tertiary/aromatic N) is 2. The number of aromatic carboxylic acids is 1. The van der Waals surface area contributed by atoms with Crippen LogP contribution < -0.4 is 10.6 Å². The summed E-state index contributed by atoms with van der Waals surface area (Å²) in [5, 5.41) is 28.1. The predicted octanol–water partition coefficient (Wildman–Crippen LogP) is 4.67. The van der Waals surface area contributed by atoms with Crippen LogP contribution in [0.2, 0.25) is 0 Å². The van der Waals surface area contributed by atoms with E-state index in [1.807, 2.05) is 36.4 Å². The number of hydrogen-bond donors (Lipinski definition) is 3. The van der Waals surface area contributed by atoms with E-state index in [2.05, 4.69) is 15.8 Å².